The summed E-state index contributed by atoms with van der Waals surface area (Å²) >= 11 is 0. The van der Waals surface area contributed by atoms with Gasteiger partial charge in [-0.1, -0.05) is 46.2 Å². The molecule has 1 aromatic heterocycles. The van der Waals surface area contributed by atoms with Crippen LogP contribution in [0.1, 0.15) is 52.4 Å². The first-order valence-electron chi connectivity index (χ1n) is 9.91. The molecule has 1 aromatic carbocycles. The van der Waals surface area contributed by atoms with Gasteiger partial charge in [-0.05, 0) is 24.0 Å². The van der Waals surface area contributed by atoms with Crippen molar-refractivity contribution < 1.29 is 9.59 Å². The second-order valence-corrected chi connectivity index (χ2v) is 8.10. The highest BCUT2D eigenvalue weighted by atomic mass is 16.2. The Labute approximate surface area is 160 Å². The summed E-state index contributed by atoms with van der Waals surface area (Å²) in [5.74, 6) is 1.15. The number of likely N-dealkylation sites (tertiary alicyclic amines) is 1. The van der Waals surface area contributed by atoms with Crippen molar-refractivity contribution in [3.8, 4) is 0 Å². The Kier molecular flexibility index (Phi) is 5.82. The Hall–Kier alpha value is -2.37. The number of aromatic amines is 1. The van der Waals surface area contributed by atoms with Crippen LogP contribution in [0.5, 0.6) is 0 Å². The van der Waals surface area contributed by atoms with E-state index in [1.54, 1.807) is 0 Å². The van der Waals surface area contributed by atoms with Gasteiger partial charge in [0.25, 0.3) is 0 Å². The Morgan fingerprint density at radius 2 is 2.07 bits per heavy atom. The fraction of sp³-hybridized carbons (Fsp3) is 0.571. The second-order valence-electron chi connectivity index (χ2n) is 8.10. The van der Waals surface area contributed by atoms with Gasteiger partial charge in [-0.15, -0.1) is 0 Å². The maximum atomic E-state index is 12.9. The predicted octanol–water partition coefficient (Wildman–Crippen LogP) is 3.27. The lowest BCUT2D eigenvalue weighted by Gasteiger charge is -2.24. The average molecular weight is 370 g/mol. The van der Waals surface area contributed by atoms with E-state index in [-0.39, 0.29) is 29.7 Å². The van der Waals surface area contributed by atoms with Crippen molar-refractivity contribution in [2.75, 3.05) is 13.1 Å². The summed E-state index contributed by atoms with van der Waals surface area (Å²) in [4.78, 5) is 35.0. The minimum absolute atomic E-state index is 0.0552. The van der Waals surface area contributed by atoms with Gasteiger partial charge in [-0.25, -0.2) is 4.98 Å². The smallest absolute Gasteiger partial charge is 0.226 e. The number of nitrogens with zero attached hydrogens (tertiary/aromatic N) is 2. The van der Waals surface area contributed by atoms with E-state index in [0.717, 1.165) is 23.3 Å². The summed E-state index contributed by atoms with van der Waals surface area (Å²) in [6, 6.07) is 7.68. The van der Waals surface area contributed by atoms with Crippen LogP contribution < -0.4 is 5.32 Å². The van der Waals surface area contributed by atoms with E-state index in [4.69, 9.17) is 0 Å². The molecule has 2 amide bonds. The largest absolute Gasteiger partial charge is 0.346 e. The van der Waals surface area contributed by atoms with E-state index >= 15 is 0 Å². The molecular weight excluding hydrogens is 340 g/mol. The number of H-pyrrole nitrogens is 1. The van der Waals surface area contributed by atoms with Crippen molar-refractivity contribution >= 4 is 22.8 Å². The van der Waals surface area contributed by atoms with Crippen LogP contribution in [0.25, 0.3) is 11.0 Å². The van der Waals surface area contributed by atoms with E-state index in [1.807, 2.05) is 29.2 Å². The molecule has 146 valence electrons. The van der Waals surface area contributed by atoms with Gasteiger partial charge < -0.3 is 15.2 Å². The number of hydrogen-bond donors (Lipinski definition) is 2. The molecule has 1 aliphatic rings. The highest BCUT2D eigenvalue weighted by Crippen LogP contribution is 2.26. The number of para-hydroxylation sites is 2. The number of benzene rings is 1. The van der Waals surface area contributed by atoms with E-state index in [2.05, 4.69) is 43.0 Å². The van der Waals surface area contributed by atoms with Gasteiger partial charge in [0.1, 0.15) is 5.82 Å². The Morgan fingerprint density at radius 1 is 1.33 bits per heavy atom. The molecule has 2 heterocycles. The molecule has 0 radical (unpaired) electrons. The van der Waals surface area contributed by atoms with E-state index in [9.17, 15) is 9.59 Å². The third kappa shape index (κ3) is 4.31. The van der Waals surface area contributed by atoms with Crippen molar-refractivity contribution in [1.82, 2.24) is 20.2 Å². The molecule has 1 saturated heterocycles. The normalized spacial score (nSPS) is 19.7. The van der Waals surface area contributed by atoms with Crippen LogP contribution in [0.4, 0.5) is 0 Å². The number of carbonyl (C=O) groups excluding carboxylic acids is 2. The molecule has 2 N–H and O–H groups in total. The zero-order chi connectivity index (χ0) is 19.6. The van der Waals surface area contributed by atoms with Gasteiger partial charge in [0.2, 0.25) is 11.8 Å². The summed E-state index contributed by atoms with van der Waals surface area (Å²) < 4.78 is 0. The van der Waals surface area contributed by atoms with Crippen molar-refractivity contribution in [2.45, 2.75) is 46.6 Å². The van der Waals surface area contributed by atoms with Crippen molar-refractivity contribution in [3.05, 3.63) is 30.1 Å². The summed E-state index contributed by atoms with van der Waals surface area (Å²) in [5, 5.41) is 3.17. The number of carbonyl (C=O) groups is 2. The Morgan fingerprint density at radius 3 is 2.74 bits per heavy atom. The topological polar surface area (TPSA) is 78.1 Å². The molecular formula is C21H30N4O2. The van der Waals surface area contributed by atoms with Crippen LogP contribution in [0.15, 0.2) is 24.3 Å². The number of fused-ring (bicyclic) bond motifs is 1. The lowest BCUT2D eigenvalue weighted by molar-refractivity contribution is -0.129. The Bertz CT molecular complexity index is 780. The minimum atomic E-state index is -0.285. The first-order valence-corrected chi connectivity index (χ1v) is 9.91. The van der Waals surface area contributed by atoms with Crippen molar-refractivity contribution in [1.29, 1.82) is 0 Å². The minimum Gasteiger partial charge on any atom is -0.346 e. The summed E-state index contributed by atoms with van der Waals surface area (Å²) in [6.07, 6.45) is 1.22. The lowest BCUT2D eigenvalue weighted by atomic mass is 9.97. The highest BCUT2D eigenvalue weighted by Gasteiger charge is 2.36. The number of imidazole rings is 1. The third-order valence-corrected chi connectivity index (χ3v) is 5.38. The van der Waals surface area contributed by atoms with Crippen LogP contribution in [0.2, 0.25) is 0 Å². The average Bonchev–Trinajstić information content (AvgIpc) is 3.22. The molecule has 3 unspecified atom stereocenters. The number of aromatic nitrogens is 2. The molecule has 27 heavy (non-hydrogen) atoms. The molecule has 1 aliphatic heterocycles. The molecule has 1 fully saturated rings. The molecule has 6 heteroatoms. The SMILES string of the molecule is CCC(C)C(NC(=O)C1CC(=O)N(CC(C)C)C1)c1nc2ccccc2[nH]1. The molecule has 0 bridgehead atoms. The fourth-order valence-electron chi connectivity index (χ4n) is 3.67. The molecule has 2 aromatic rings. The number of rotatable bonds is 7. The quantitative estimate of drug-likeness (QED) is 0.785. The van der Waals surface area contributed by atoms with Gasteiger partial charge >= 0.3 is 0 Å². The summed E-state index contributed by atoms with van der Waals surface area (Å²) in [5.41, 5.74) is 1.86. The first kappa shape index (κ1) is 19.4. The van der Waals surface area contributed by atoms with Gasteiger partial charge in [0, 0.05) is 19.5 Å². The second kappa shape index (κ2) is 8.11. The number of hydrogen-bond acceptors (Lipinski definition) is 3. The van der Waals surface area contributed by atoms with Crippen LogP contribution >= 0.6 is 0 Å². The van der Waals surface area contributed by atoms with Crippen LogP contribution in [-0.4, -0.2) is 39.8 Å². The van der Waals surface area contributed by atoms with Crippen molar-refractivity contribution in [2.24, 2.45) is 17.8 Å². The molecule has 0 spiro atoms. The number of amides is 2. The zero-order valence-electron chi connectivity index (χ0n) is 16.7. The molecule has 3 atom stereocenters. The maximum Gasteiger partial charge on any atom is 0.226 e. The van der Waals surface area contributed by atoms with E-state index < -0.39 is 0 Å². The predicted molar refractivity (Wildman–Crippen MR) is 106 cm³/mol. The van der Waals surface area contributed by atoms with Crippen molar-refractivity contribution in [3.63, 3.8) is 0 Å². The first-order chi connectivity index (χ1) is 12.9. The summed E-state index contributed by atoms with van der Waals surface area (Å²) in [6.45, 7) is 9.61. The Balaban J connectivity index is 1.75. The number of nitrogens with one attached hydrogen (secondary N) is 2. The van der Waals surface area contributed by atoms with E-state index in [0.29, 0.717) is 25.4 Å². The fourth-order valence-corrected chi connectivity index (χ4v) is 3.67. The van der Waals surface area contributed by atoms with Gasteiger partial charge in [0.15, 0.2) is 0 Å². The van der Waals surface area contributed by atoms with Gasteiger partial charge in [-0.3, -0.25) is 9.59 Å². The third-order valence-electron chi connectivity index (χ3n) is 5.38. The van der Waals surface area contributed by atoms with Crippen LogP contribution in [0.3, 0.4) is 0 Å². The monoisotopic (exact) mass is 370 g/mol. The summed E-state index contributed by atoms with van der Waals surface area (Å²) in [7, 11) is 0. The molecule has 0 aliphatic carbocycles. The van der Waals surface area contributed by atoms with Crippen LogP contribution in [-0.2, 0) is 9.59 Å². The van der Waals surface area contributed by atoms with Gasteiger partial charge in [0.05, 0.1) is 23.0 Å². The van der Waals surface area contributed by atoms with Gasteiger partial charge in [-0.2, -0.15) is 0 Å². The van der Waals surface area contributed by atoms with Crippen LogP contribution in [0, 0.1) is 17.8 Å². The molecule has 3 rings (SSSR count). The molecule has 0 saturated carbocycles. The maximum absolute atomic E-state index is 12.9. The zero-order valence-corrected chi connectivity index (χ0v) is 16.7. The lowest BCUT2D eigenvalue weighted by Crippen LogP contribution is -2.38. The van der Waals surface area contributed by atoms with E-state index in [1.165, 1.54) is 0 Å². The molecule has 6 nitrogen and oxygen atoms in total. The highest BCUT2D eigenvalue weighted by molar-refractivity contribution is 5.89. The standard InChI is InChI=1S/C21H30N4O2/c1-5-14(4)19(20-22-16-8-6-7-9-17(16)23-20)24-21(27)15-10-18(26)25(12-15)11-13(2)3/h6-9,13-15,19H,5,10-12H2,1-4H3,(H,22,23)(H,24,27).